The smallest absolute Gasteiger partial charge is 0.329 e. The molecule has 1 aromatic rings. The van der Waals surface area contributed by atoms with Crippen LogP contribution in [0.2, 0.25) is 0 Å². The molecule has 0 aromatic heterocycles. The van der Waals surface area contributed by atoms with Gasteiger partial charge in [0, 0.05) is 11.8 Å². The number of aromatic hydroxyl groups is 1. The van der Waals surface area contributed by atoms with Crippen LogP contribution in [0.3, 0.4) is 0 Å². The number of anilines is 1. The maximum Gasteiger partial charge on any atom is 0.329 e. The molecule has 6 nitrogen and oxygen atoms in total. The van der Waals surface area contributed by atoms with E-state index in [1.165, 1.54) is 6.07 Å². The molecule has 1 amide bonds. The molecule has 0 aliphatic rings. The van der Waals surface area contributed by atoms with Crippen molar-refractivity contribution < 1.29 is 28.9 Å². The number of carboxylic acids is 1. The number of phenolic OH excluding ortho intramolecular Hbond substituents is 1. The zero-order valence-electron chi connectivity index (χ0n) is 8.64. The van der Waals surface area contributed by atoms with Crippen LogP contribution in [0.1, 0.15) is 0 Å². The number of carbonyl (C=O) groups excluding carboxylic acids is 1. The zero-order valence-corrected chi connectivity index (χ0v) is 8.64. The number of hydrogen-bond donors (Lipinski definition) is 3. The van der Waals surface area contributed by atoms with Gasteiger partial charge in [-0.3, -0.25) is 4.79 Å². The molecule has 0 radical (unpaired) electrons. The first-order valence-electron chi connectivity index (χ1n) is 4.57. The summed E-state index contributed by atoms with van der Waals surface area (Å²) in [7, 11) is 0. The van der Waals surface area contributed by atoms with Crippen molar-refractivity contribution in [3.8, 4) is 5.75 Å². The minimum absolute atomic E-state index is 0.143. The van der Waals surface area contributed by atoms with Gasteiger partial charge in [-0.15, -0.1) is 0 Å². The lowest BCUT2D eigenvalue weighted by atomic mass is 10.3. The zero-order chi connectivity index (χ0) is 12.8. The Morgan fingerprint density at radius 1 is 1.35 bits per heavy atom. The molecule has 0 fully saturated rings. The molecular formula is C10H10FNO5. The third-order valence-electron chi connectivity index (χ3n) is 1.69. The monoisotopic (exact) mass is 243 g/mol. The highest BCUT2D eigenvalue weighted by molar-refractivity contribution is 5.91. The minimum atomic E-state index is -1.19. The van der Waals surface area contributed by atoms with Crippen molar-refractivity contribution in [2.24, 2.45) is 0 Å². The van der Waals surface area contributed by atoms with Gasteiger partial charge >= 0.3 is 5.97 Å². The maximum absolute atomic E-state index is 12.9. The third-order valence-corrected chi connectivity index (χ3v) is 1.69. The van der Waals surface area contributed by atoms with Crippen LogP contribution in [0.25, 0.3) is 0 Å². The van der Waals surface area contributed by atoms with Crippen LogP contribution in [-0.4, -0.2) is 35.3 Å². The number of carboxylic acid groups (broad SMARTS) is 1. The molecular weight excluding hydrogens is 233 g/mol. The highest BCUT2D eigenvalue weighted by Crippen LogP contribution is 2.19. The topological polar surface area (TPSA) is 95.9 Å². The first-order valence-corrected chi connectivity index (χ1v) is 4.57. The van der Waals surface area contributed by atoms with E-state index in [2.05, 4.69) is 10.1 Å². The number of aliphatic carboxylic acids is 1. The number of nitrogens with one attached hydrogen (secondary N) is 1. The van der Waals surface area contributed by atoms with Gasteiger partial charge in [0.1, 0.15) is 13.2 Å². The van der Waals surface area contributed by atoms with Crippen molar-refractivity contribution >= 4 is 17.6 Å². The Kier molecular flexibility index (Phi) is 4.41. The number of phenols is 1. The van der Waals surface area contributed by atoms with Crippen LogP contribution < -0.4 is 5.32 Å². The first kappa shape index (κ1) is 12.9. The summed E-state index contributed by atoms with van der Waals surface area (Å²) in [5.74, 6) is -3.19. The Morgan fingerprint density at radius 2 is 2.06 bits per heavy atom. The van der Waals surface area contributed by atoms with Crippen molar-refractivity contribution in [2.45, 2.75) is 0 Å². The lowest BCUT2D eigenvalue weighted by molar-refractivity contribution is -0.143. The quantitative estimate of drug-likeness (QED) is 0.657. The van der Waals surface area contributed by atoms with E-state index in [9.17, 15) is 14.0 Å². The predicted octanol–water partition coefficient (Wildman–Crippen LogP) is 0.571. The number of halogens is 1. The molecule has 0 unspecified atom stereocenters. The first-order chi connectivity index (χ1) is 7.99. The van der Waals surface area contributed by atoms with Gasteiger partial charge in [0.15, 0.2) is 11.6 Å². The molecule has 0 heterocycles. The molecule has 0 aliphatic heterocycles. The molecule has 17 heavy (non-hydrogen) atoms. The van der Waals surface area contributed by atoms with Gasteiger partial charge in [0.2, 0.25) is 5.91 Å². The Balaban J connectivity index is 2.45. The molecule has 92 valence electrons. The molecule has 0 saturated heterocycles. The van der Waals surface area contributed by atoms with Gasteiger partial charge in [0.05, 0.1) is 0 Å². The Bertz CT molecular complexity index is 435. The largest absolute Gasteiger partial charge is 0.505 e. The van der Waals surface area contributed by atoms with Crippen LogP contribution >= 0.6 is 0 Å². The summed E-state index contributed by atoms with van der Waals surface area (Å²) in [6, 6.07) is 3.32. The van der Waals surface area contributed by atoms with E-state index in [0.717, 1.165) is 12.1 Å². The SMILES string of the molecule is O=C(O)COCC(=O)Nc1ccc(O)c(F)c1. The Labute approximate surface area is 95.6 Å². The number of rotatable bonds is 5. The van der Waals surface area contributed by atoms with Crippen molar-refractivity contribution in [1.82, 2.24) is 0 Å². The van der Waals surface area contributed by atoms with Crippen molar-refractivity contribution in [3.05, 3.63) is 24.0 Å². The average molecular weight is 243 g/mol. The Morgan fingerprint density at radius 3 is 2.65 bits per heavy atom. The van der Waals surface area contributed by atoms with Crippen molar-refractivity contribution in [3.63, 3.8) is 0 Å². The number of carbonyl (C=O) groups is 2. The van der Waals surface area contributed by atoms with Gasteiger partial charge in [-0.1, -0.05) is 0 Å². The summed E-state index contributed by atoms with van der Waals surface area (Å²) in [6.45, 7) is -1.04. The third kappa shape index (κ3) is 4.47. The summed E-state index contributed by atoms with van der Waals surface area (Å²) >= 11 is 0. The van der Waals surface area contributed by atoms with E-state index in [-0.39, 0.29) is 5.69 Å². The van der Waals surface area contributed by atoms with Gasteiger partial charge in [-0.05, 0) is 12.1 Å². The summed E-state index contributed by atoms with van der Waals surface area (Å²) in [5.41, 5.74) is 0.143. The molecule has 0 spiro atoms. The van der Waals surface area contributed by atoms with Crippen LogP contribution in [0, 0.1) is 5.82 Å². The molecule has 7 heteroatoms. The minimum Gasteiger partial charge on any atom is -0.505 e. The number of benzene rings is 1. The van der Waals surface area contributed by atoms with Crippen molar-refractivity contribution in [2.75, 3.05) is 18.5 Å². The predicted molar refractivity (Wildman–Crippen MR) is 55.1 cm³/mol. The molecule has 0 atom stereocenters. The normalized spacial score (nSPS) is 9.94. The number of ether oxygens (including phenoxy) is 1. The van der Waals surface area contributed by atoms with Crippen LogP contribution in [0.4, 0.5) is 10.1 Å². The van der Waals surface area contributed by atoms with E-state index in [4.69, 9.17) is 10.2 Å². The van der Waals surface area contributed by atoms with Gasteiger partial charge in [-0.25, -0.2) is 9.18 Å². The molecule has 0 bridgehead atoms. The highest BCUT2D eigenvalue weighted by atomic mass is 19.1. The fourth-order valence-electron chi connectivity index (χ4n) is 1.01. The fourth-order valence-corrected chi connectivity index (χ4v) is 1.01. The molecule has 1 rings (SSSR count). The second-order valence-electron chi connectivity index (χ2n) is 3.10. The van der Waals surface area contributed by atoms with E-state index >= 15 is 0 Å². The highest BCUT2D eigenvalue weighted by Gasteiger charge is 2.06. The van der Waals surface area contributed by atoms with Crippen LogP contribution in [0.5, 0.6) is 5.75 Å². The summed E-state index contributed by atoms with van der Waals surface area (Å²) in [6.07, 6.45) is 0. The number of hydrogen-bond acceptors (Lipinski definition) is 4. The molecule has 3 N–H and O–H groups in total. The summed E-state index contributed by atoms with van der Waals surface area (Å²) in [4.78, 5) is 21.3. The molecule has 0 aliphatic carbocycles. The van der Waals surface area contributed by atoms with E-state index in [1.54, 1.807) is 0 Å². The lowest BCUT2D eigenvalue weighted by Gasteiger charge is -2.05. The van der Waals surface area contributed by atoms with Crippen LogP contribution in [-0.2, 0) is 14.3 Å². The van der Waals surface area contributed by atoms with Crippen LogP contribution in [0.15, 0.2) is 18.2 Å². The second kappa shape index (κ2) is 5.80. The maximum atomic E-state index is 12.9. The lowest BCUT2D eigenvalue weighted by Crippen LogP contribution is -2.20. The number of amides is 1. The van der Waals surface area contributed by atoms with Crippen molar-refractivity contribution in [1.29, 1.82) is 0 Å². The summed E-state index contributed by atoms with van der Waals surface area (Å²) < 4.78 is 17.4. The Hall–Kier alpha value is -2.15. The summed E-state index contributed by atoms with van der Waals surface area (Å²) in [5, 5.41) is 19.4. The molecule has 1 aromatic carbocycles. The van der Waals surface area contributed by atoms with E-state index in [0.29, 0.717) is 0 Å². The molecule has 0 saturated carbocycles. The van der Waals surface area contributed by atoms with E-state index in [1.807, 2.05) is 0 Å². The second-order valence-corrected chi connectivity index (χ2v) is 3.10. The average Bonchev–Trinajstić information content (AvgIpc) is 2.23. The van der Waals surface area contributed by atoms with E-state index < -0.39 is 36.7 Å². The fraction of sp³-hybridized carbons (Fsp3) is 0.200. The van der Waals surface area contributed by atoms with Gasteiger partial charge in [-0.2, -0.15) is 0 Å². The van der Waals surface area contributed by atoms with Gasteiger partial charge in [0.25, 0.3) is 0 Å². The standard InChI is InChI=1S/C10H10FNO5/c11-7-3-6(1-2-8(7)13)12-9(14)4-17-5-10(15)16/h1-3,13H,4-5H2,(H,12,14)(H,15,16). The van der Waals surface area contributed by atoms with Gasteiger partial charge < -0.3 is 20.3 Å².